The summed E-state index contributed by atoms with van der Waals surface area (Å²) >= 11 is 0. The Bertz CT molecular complexity index is 474. The van der Waals surface area contributed by atoms with Gasteiger partial charge in [0.2, 0.25) is 0 Å². The molecule has 0 bridgehead atoms. The number of carbonyl (C=O) groups excluding carboxylic acids is 1. The zero-order chi connectivity index (χ0) is 14.0. The van der Waals surface area contributed by atoms with Crippen molar-refractivity contribution in [2.24, 2.45) is 0 Å². The maximum absolute atomic E-state index is 12.2. The third kappa shape index (κ3) is 3.28. The lowest BCUT2D eigenvalue weighted by atomic mass is 9.99. The van der Waals surface area contributed by atoms with Crippen molar-refractivity contribution in [3.05, 3.63) is 29.3 Å². The van der Waals surface area contributed by atoms with Gasteiger partial charge in [-0.05, 0) is 57.2 Å². The van der Waals surface area contributed by atoms with Gasteiger partial charge < -0.3 is 4.74 Å². The highest BCUT2D eigenvalue weighted by Gasteiger charge is 2.27. The molecule has 0 saturated carbocycles. The molecule has 1 aromatic rings. The first-order chi connectivity index (χ1) is 8.90. The molecule has 104 valence electrons. The van der Waals surface area contributed by atoms with Gasteiger partial charge in [-0.1, -0.05) is 19.1 Å². The number of ether oxygens (including phenoxy) is 1. The molecule has 3 nitrogen and oxygen atoms in total. The average Bonchev–Trinajstić information content (AvgIpc) is 2.35. The highest BCUT2D eigenvalue weighted by atomic mass is 16.6. The number of benzene rings is 1. The summed E-state index contributed by atoms with van der Waals surface area (Å²) < 4.78 is 5.48. The summed E-state index contributed by atoms with van der Waals surface area (Å²) in [5.74, 6) is 0. The molecule has 0 unspecified atom stereocenters. The van der Waals surface area contributed by atoms with Crippen molar-refractivity contribution < 1.29 is 9.53 Å². The molecule has 1 aromatic carbocycles. The molecule has 2 rings (SSSR count). The van der Waals surface area contributed by atoms with Gasteiger partial charge in [-0.3, -0.25) is 4.90 Å². The molecule has 0 N–H and O–H groups in total. The molecular weight excluding hydrogens is 238 g/mol. The minimum absolute atomic E-state index is 0.238. The molecule has 1 aliphatic rings. The molecule has 0 aliphatic carbocycles. The van der Waals surface area contributed by atoms with Crippen molar-refractivity contribution in [3.8, 4) is 0 Å². The molecule has 1 amide bonds. The van der Waals surface area contributed by atoms with Crippen LogP contribution in [0, 0.1) is 0 Å². The maximum atomic E-state index is 12.2. The van der Waals surface area contributed by atoms with Gasteiger partial charge in [0.1, 0.15) is 5.60 Å². The predicted molar refractivity (Wildman–Crippen MR) is 77.7 cm³/mol. The van der Waals surface area contributed by atoms with E-state index < -0.39 is 5.60 Å². The number of nitrogens with zero attached hydrogens (tertiary/aromatic N) is 1. The Morgan fingerprint density at radius 2 is 2.11 bits per heavy atom. The minimum Gasteiger partial charge on any atom is -0.443 e. The van der Waals surface area contributed by atoms with Crippen LogP contribution in [0.15, 0.2) is 18.2 Å². The summed E-state index contributed by atoms with van der Waals surface area (Å²) in [6, 6.07) is 6.37. The standard InChI is InChI=1S/C16H23NO2/c1-5-12-8-9-14-13(11-12)7-6-10-17(14)15(18)19-16(2,3)4/h8-9,11H,5-7,10H2,1-4H3. The normalized spacial score (nSPS) is 15.1. The largest absolute Gasteiger partial charge is 0.443 e. The summed E-state index contributed by atoms with van der Waals surface area (Å²) in [7, 11) is 0. The molecule has 0 saturated heterocycles. The number of hydrogen-bond donors (Lipinski definition) is 0. The topological polar surface area (TPSA) is 29.5 Å². The van der Waals surface area contributed by atoms with E-state index in [1.807, 2.05) is 20.8 Å². The van der Waals surface area contributed by atoms with E-state index in [1.54, 1.807) is 4.90 Å². The predicted octanol–water partition coefficient (Wildman–Crippen LogP) is 3.94. The Morgan fingerprint density at radius 3 is 2.74 bits per heavy atom. The lowest BCUT2D eigenvalue weighted by molar-refractivity contribution is 0.0578. The van der Waals surface area contributed by atoms with Crippen LogP contribution in [0.3, 0.4) is 0 Å². The molecule has 1 heterocycles. The molecular formula is C16H23NO2. The van der Waals surface area contributed by atoms with Crippen molar-refractivity contribution >= 4 is 11.8 Å². The second-order valence-corrected chi connectivity index (χ2v) is 6.05. The van der Waals surface area contributed by atoms with Crippen molar-refractivity contribution in [2.75, 3.05) is 11.4 Å². The molecule has 19 heavy (non-hydrogen) atoms. The number of rotatable bonds is 1. The fourth-order valence-electron chi connectivity index (χ4n) is 2.38. The van der Waals surface area contributed by atoms with Crippen LogP contribution >= 0.6 is 0 Å². The van der Waals surface area contributed by atoms with E-state index in [1.165, 1.54) is 11.1 Å². The van der Waals surface area contributed by atoms with E-state index in [0.29, 0.717) is 0 Å². The smallest absolute Gasteiger partial charge is 0.414 e. The third-order valence-corrected chi connectivity index (χ3v) is 3.28. The summed E-state index contributed by atoms with van der Waals surface area (Å²) in [6.45, 7) is 8.59. The second-order valence-electron chi connectivity index (χ2n) is 6.05. The van der Waals surface area contributed by atoms with E-state index in [0.717, 1.165) is 31.5 Å². The van der Waals surface area contributed by atoms with Crippen LogP contribution in [0.4, 0.5) is 10.5 Å². The van der Waals surface area contributed by atoms with E-state index in [9.17, 15) is 4.79 Å². The van der Waals surface area contributed by atoms with Gasteiger partial charge in [0.25, 0.3) is 0 Å². The fourth-order valence-corrected chi connectivity index (χ4v) is 2.38. The molecule has 0 spiro atoms. The second kappa shape index (κ2) is 5.24. The third-order valence-electron chi connectivity index (χ3n) is 3.28. The summed E-state index contributed by atoms with van der Waals surface area (Å²) in [5.41, 5.74) is 3.15. The van der Waals surface area contributed by atoms with E-state index in [-0.39, 0.29) is 6.09 Å². The number of aryl methyl sites for hydroxylation is 2. The van der Waals surface area contributed by atoms with Crippen LogP contribution in [0.25, 0.3) is 0 Å². The van der Waals surface area contributed by atoms with Crippen LogP contribution in [0.5, 0.6) is 0 Å². The first-order valence-electron chi connectivity index (χ1n) is 7.03. The lowest BCUT2D eigenvalue weighted by Gasteiger charge is -2.32. The quantitative estimate of drug-likeness (QED) is 0.766. The zero-order valence-corrected chi connectivity index (χ0v) is 12.3. The zero-order valence-electron chi connectivity index (χ0n) is 12.3. The van der Waals surface area contributed by atoms with E-state index in [2.05, 4.69) is 25.1 Å². The van der Waals surface area contributed by atoms with Gasteiger partial charge in [0.05, 0.1) is 5.69 Å². The Hall–Kier alpha value is -1.51. The molecule has 1 aliphatic heterocycles. The molecule has 0 fully saturated rings. The Morgan fingerprint density at radius 1 is 1.37 bits per heavy atom. The van der Waals surface area contributed by atoms with Crippen LogP contribution in [0.1, 0.15) is 45.2 Å². The first kappa shape index (κ1) is 13.9. The van der Waals surface area contributed by atoms with Crippen molar-refractivity contribution in [2.45, 2.75) is 52.6 Å². The number of fused-ring (bicyclic) bond motifs is 1. The average molecular weight is 261 g/mol. The maximum Gasteiger partial charge on any atom is 0.414 e. The molecule has 0 atom stereocenters. The highest BCUT2D eigenvalue weighted by molar-refractivity contribution is 5.89. The summed E-state index contributed by atoms with van der Waals surface area (Å²) in [5, 5.41) is 0. The Kier molecular flexibility index (Phi) is 3.83. The molecule has 0 aromatic heterocycles. The monoisotopic (exact) mass is 261 g/mol. The van der Waals surface area contributed by atoms with Crippen molar-refractivity contribution in [1.29, 1.82) is 0 Å². The lowest BCUT2D eigenvalue weighted by Crippen LogP contribution is -2.39. The van der Waals surface area contributed by atoms with Gasteiger partial charge in [0.15, 0.2) is 0 Å². The molecule has 3 heteroatoms. The Balaban J connectivity index is 2.25. The van der Waals surface area contributed by atoms with Crippen LogP contribution in [-0.2, 0) is 17.6 Å². The van der Waals surface area contributed by atoms with E-state index >= 15 is 0 Å². The van der Waals surface area contributed by atoms with Crippen LogP contribution in [-0.4, -0.2) is 18.2 Å². The van der Waals surface area contributed by atoms with Gasteiger partial charge in [-0.25, -0.2) is 4.79 Å². The van der Waals surface area contributed by atoms with Gasteiger partial charge in [-0.15, -0.1) is 0 Å². The number of hydrogen-bond acceptors (Lipinski definition) is 2. The fraction of sp³-hybridized carbons (Fsp3) is 0.562. The number of anilines is 1. The van der Waals surface area contributed by atoms with Gasteiger partial charge in [-0.2, -0.15) is 0 Å². The first-order valence-corrected chi connectivity index (χ1v) is 7.03. The number of amides is 1. The van der Waals surface area contributed by atoms with E-state index in [4.69, 9.17) is 4.74 Å². The van der Waals surface area contributed by atoms with Gasteiger partial charge >= 0.3 is 6.09 Å². The molecule has 0 radical (unpaired) electrons. The minimum atomic E-state index is -0.446. The van der Waals surface area contributed by atoms with Gasteiger partial charge in [0, 0.05) is 6.54 Å². The van der Waals surface area contributed by atoms with Crippen molar-refractivity contribution in [1.82, 2.24) is 0 Å². The van der Waals surface area contributed by atoms with Crippen LogP contribution < -0.4 is 4.90 Å². The summed E-state index contributed by atoms with van der Waals surface area (Å²) in [6.07, 6.45) is 2.83. The number of carbonyl (C=O) groups is 1. The summed E-state index contributed by atoms with van der Waals surface area (Å²) in [4.78, 5) is 14.0. The Labute approximate surface area is 115 Å². The van der Waals surface area contributed by atoms with Crippen LogP contribution in [0.2, 0.25) is 0 Å². The SMILES string of the molecule is CCc1ccc2c(c1)CCCN2C(=O)OC(C)(C)C. The highest BCUT2D eigenvalue weighted by Crippen LogP contribution is 2.29. The van der Waals surface area contributed by atoms with Crippen molar-refractivity contribution in [3.63, 3.8) is 0 Å².